The minimum atomic E-state index is -0.801. The molecule has 0 aliphatic heterocycles. The number of carbonyl (C=O) groups is 1. The highest BCUT2D eigenvalue weighted by atomic mass is 79.9. The average molecular weight is 486 g/mol. The molecule has 2 unspecified atom stereocenters. The lowest BCUT2D eigenvalue weighted by Gasteiger charge is -2.39. The van der Waals surface area contributed by atoms with Gasteiger partial charge in [-0.15, -0.1) is 0 Å². The fourth-order valence-electron chi connectivity index (χ4n) is 4.09. The van der Waals surface area contributed by atoms with Crippen LogP contribution in [0.15, 0.2) is 66.7 Å². The minimum Gasteiger partial charge on any atom is -0.481 e. The van der Waals surface area contributed by atoms with E-state index < -0.39 is 11.4 Å². The largest absolute Gasteiger partial charge is 0.481 e. The lowest BCUT2D eigenvalue weighted by molar-refractivity contribution is -0.138. The van der Waals surface area contributed by atoms with Gasteiger partial charge in [0, 0.05) is 15.6 Å². The van der Waals surface area contributed by atoms with Gasteiger partial charge >= 0.3 is 5.97 Å². The Kier molecular flexibility index (Phi) is 4.95. The minimum absolute atomic E-state index is 0.0392. The first-order chi connectivity index (χ1) is 13.1. The number of benzene rings is 3. The molecule has 0 aromatic heterocycles. The fraction of sp³-hybridized carbons (Fsp3) is 0.174. The number of hydrogen-bond donors (Lipinski definition) is 1. The lowest BCUT2D eigenvalue weighted by Crippen LogP contribution is -2.47. The fourth-order valence-corrected chi connectivity index (χ4v) is 6.19. The van der Waals surface area contributed by atoms with Crippen LogP contribution in [-0.2, 0) is 4.79 Å². The second kappa shape index (κ2) is 7.25. The normalized spacial score (nSPS) is 21.6. The average Bonchev–Trinajstić information content (AvgIpc) is 2.68. The number of hydrogen-bond acceptors (Lipinski definition) is 1. The maximum absolute atomic E-state index is 11.9. The smallest absolute Gasteiger partial charge is 0.304 e. The van der Waals surface area contributed by atoms with E-state index in [2.05, 4.69) is 80.4 Å². The first-order valence-electron chi connectivity index (χ1n) is 8.78. The lowest BCUT2D eigenvalue weighted by atomic mass is 9.69. The molecule has 2 nitrogen and oxygen atoms in total. The highest BCUT2D eigenvalue weighted by molar-refractivity contribution is 9.10. The summed E-state index contributed by atoms with van der Waals surface area (Å²) in [6, 6.07) is 22.8. The van der Waals surface area contributed by atoms with Crippen LogP contribution in [0.25, 0.3) is 22.4 Å². The number of rotatable bonds is 4. The summed E-state index contributed by atoms with van der Waals surface area (Å²) < 4.78 is 0. The van der Waals surface area contributed by atoms with E-state index in [1.165, 1.54) is 0 Å². The molecule has 3 aromatic carbocycles. The predicted molar refractivity (Wildman–Crippen MR) is 118 cm³/mol. The first-order valence-corrected chi connectivity index (χ1v) is 10.8. The predicted octanol–water partition coefficient (Wildman–Crippen LogP) is 4.45. The molecule has 0 radical (unpaired) electrons. The van der Waals surface area contributed by atoms with Gasteiger partial charge in [-0.05, 0) is 32.3 Å². The molecular weight excluding hydrogens is 468 g/mol. The van der Waals surface area contributed by atoms with E-state index in [4.69, 9.17) is 0 Å². The molecule has 4 heteroatoms. The second-order valence-electron chi connectivity index (χ2n) is 6.92. The van der Waals surface area contributed by atoms with Crippen molar-refractivity contribution in [2.45, 2.75) is 11.2 Å². The quantitative estimate of drug-likeness (QED) is 0.554. The molecule has 0 amide bonds. The van der Waals surface area contributed by atoms with Crippen LogP contribution in [0.2, 0.25) is 0 Å². The van der Waals surface area contributed by atoms with Crippen molar-refractivity contribution in [3.63, 3.8) is 0 Å². The second-order valence-corrected chi connectivity index (χ2v) is 8.46. The van der Waals surface area contributed by atoms with Crippen molar-refractivity contribution in [1.29, 1.82) is 0 Å². The standard InChI is InChI=1S/C23H18Br2O2/c24-14-23(13-21(26)27)20(25)12-16-7-2-4-10-18(16)22(23)19-11-5-8-15-6-1-3-9-17(15)19/h1-12,20H,13-14H2,(H,26,27). The van der Waals surface area contributed by atoms with Crippen molar-refractivity contribution in [3.05, 3.63) is 82.7 Å². The van der Waals surface area contributed by atoms with Gasteiger partial charge in [-0.1, -0.05) is 105 Å². The van der Waals surface area contributed by atoms with Gasteiger partial charge in [-0.3, -0.25) is 4.79 Å². The molecule has 27 heavy (non-hydrogen) atoms. The van der Waals surface area contributed by atoms with Crippen molar-refractivity contribution < 1.29 is 9.90 Å². The van der Waals surface area contributed by atoms with Crippen molar-refractivity contribution in [2.75, 3.05) is 5.33 Å². The zero-order chi connectivity index (χ0) is 19.0. The number of aliphatic carboxylic acids is 1. The third-order valence-electron chi connectivity index (χ3n) is 5.35. The summed E-state index contributed by atoms with van der Waals surface area (Å²) in [5, 5.41) is 14.8. The molecular formula is C23H18Br2O2. The molecule has 0 saturated heterocycles. The third-order valence-corrected chi connectivity index (χ3v) is 7.49. The van der Waals surface area contributed by atoms with E-state index in [-0.39, 0.29) is 11.2 Å². The molecule has 1 aliphatic carbocycles. The number of carboxylic acid groups (broad SMARTS) is 1. The van der Waals surface area contributed by atoms with Crippen LogP contribution in [0.3, 0.4) is 0 Å². The van der Waals surface area contributed by atoms with Crippen LogP contribution in [0.4, 0.5) is 0 Å². The Morgan fingerprint density at radius 2 is 1.70 bits per heavy atom. The van der Waals surface area contributed by atoms with E-state index in [9.17, 15) is 9.90 Å². The number of carboxylic acids is 1. The van der Waals surface area contributed by atoms with Crippen molar-refractivity contribution in [3.8, 4) is 0 Å². The van der Waals surface area contributed by atoms with Crippen LogP contribution in [0, 0.1) is 5.41 Å². The van der Waals surface area contributed by atoms with Gasteiger partial charge in [-0.25, -0.2) is 0 Å². The summed E-state index contributed by atoms with van der Waals surface area (Å²) in [4.78, 5) is 11.8. The van der Waals surface area contributed by atoms with Crippen LogP contribution < -0.4 is 10.4 Å². The van der Waals surface area contributed by atoms with Gasteiger partial charge in [0.1, 0.15) is 0 Å². The highest BCUT2D eigenvalue weighted by Gasteiger charge is 2.44. The first kappa shape index (κ1) is 18.5. The van der Waals surface area contributed by atoms with Crippen LogP contribution in [0.5, 0.6) is 0 Å². The Bertz CT molecular complexity index is 1150. The number of alkyl halides is 2. The number of fused-ring (bicyclic) bond motifs is 2. The Labute approximate surface area is 174 Å². The molecule has 0 bridgehead atoms. The third kappa shape index (κ3) is 3.05. The van der Waals surface area contributed by atoms with Gasteiger partial charge in [0.25, 0.3) is 0 Å². The van der Waals surface area contributed by atoms with Gasteiger partial charge in [0.15, 0.2) is 0 Å². The van der Waals surface area contributed by atoms with Crippen LogP contribution in [-0.4, -0.2) is 21.2 Å². The zero-order valence-electron chi connectivity index (χ0n) is 14.5. The van der Waals surface area contributed by atoms with Gasteiger partial charge < -0.3 is 5.11 Å². The maximum atomic E-state index is 11.9. The van der Waals surface area contributed by atoms with Gasteiger partial charge in [-0.2, -0.15) is 0 Å². The van der Waals surface area contributed by atoms with E-state index >= 15 is 0 Å². The van der Waals surface area contributed by atoms with Gasteiger partial charge in [0.2, 0.25) is 0 Å². The molecule has 0 saturated carbocycles. The summed E-state index contributed by atoms with van der Waals surface area (Å²) >= 11 is 7.46. The van der Waals surface area contributed by atoms with Crippen molar-refractivity contribution >= 4 is 60.3 Å². The topological polar surface area (TPSA) is 37.3 Å². The summed E-state index contributed by atoms with van der Waals surface area (Å²) in [6.45, 7) is 0. The molecule has 0 fully saturated rings. The number of halogens is 2. The summed E-state index contributed by atoms with van der Waals surface area (Å²) in [6.07, 6.45) is 2.17. The molecule has 3 aromatic rings. The SMILES string of the molecule is O=C(O)CC1(CBr)C(c2cccc3ccccc23)=c2ccccc2=CC1Br. The van der Waals surface area contributed by atoms with Crippen LogP contribution >= 0.6 is 31.9 Å². The van der Waals surface area contributed by atoms with Crippen molar-refractivity contribution in [2.24, 2.45) is 5.41 Å². The van der Waals surface area contributed by atoms with E-state index in [1.54, 1.807) is 0 Å². The van der Waals surface area contributed by atoms with E-state index in [0.717, 1.165) is 32.3 Å². The molecule has 2 atom stereocenters. The maximum Gasteiger partial charge on any atom is 0.304 e. The molecule has 1 N–H and O–H groups in total. The Morgan fingerprint density at radius 1 is 1.00 bits per heavy atom. The monoisotopic (exact) mass is 484 g/mol. The highest BCUT2D eigenvalue weighted by Crippen LogP contribution is 2.47. The van der Waals surface area contributed by atoms with Gasteiger partial charge in [0.05, 0.1) is 6.42 Å². The van der Waals surface area contributed by atoms with Crippen LogP contribution in [0.1, 0.15) is 12.0 Å². The van der Waals surface area contributed by atoms with Crippen molar-refractivity contribution in [1.82, 2.24) is 0 Å². The molecule has 0 heterocycles. The summed E-state index contributed by atoms with van der Waals surface area (Å²) in [5.74, 6) is -0.801. The van der Waals surface area contributed by atoms with E-state index in [0.29, 0.717) is 5.33 Å². The molecule has 1 aliphatic rings. The Hall–Kier alpha value is -1.91. The Morgan fingerprint density at radius 3 is 2.48 bits per heavy atom. The Balaban J connectivity index is 2.18. The summed E-state index contributed by atoms with van der Waals surface area (Å²) in [7, 11) is 0. The molecule has 4 rings (SSSR count). The van der Waals surface area contributed by atoms with E-state index in [1.807, 2.05) is 24.3 Å². The molecule has 136 valence electrons. The summed E-state index contributed by atoms with van der Waals surface area (Å²) in [5.41, 5.74) is 1.59. The zero-order valence-corrected chi connectivity index (χ0v) is 17.7. The molecule has 0 spiro atoms.